The number of hydrogen-bond acceptors (Lipinski definition) is 8. The number of carbonyl (C=O) groups excluding carboxylic acids is 1. The van der Waals surface area contributed by atoms with Gasteiger partial charge in [-0.15, -0.1) is 0 Å². The predicted molar refractivity (Wildman–Crippen MR) is 116 cm³/mol. The van der Waals surface area contributed by atoms with Crippen LogP contribution in [-0.2, 0) is 11.2 Å². The Morgan fingerprint density at radius 1 is 1.16 bits per heavy atom. The monoisotopic (exact) mass is 438 g/mol. The summed E-state index contributed by atoms with van der Waals surface area (Å²) >= 11 is 0. The van der Waals surface area contributed by atoms with Crippen molar-refractivity contribution in [3.63, 3.8) is 0 Å². The normalized spacial score (nSPS) is 16.0. The molecule has 32 heavy (non-hydrogen) atoms. The summed E-state index contributed by atoms with van der Waals surface area (Å²) < 4.78 is 21.6. The lowest BCUT2D eigenvalue weighted by atomic mass is 9.96. The molecule has 1 fully saturated rings. The van der Waals surface area contributed by atoms with Gasteiger partial charge in [0.2, 0.25) is 11.7 Å². The van der Waals surface area contributed by atoms with Gasteiger partial charge in [0.1, 0.15) is 5.69 Å². The average Bonchev–Trinajstić information content (AvgIpc) is 3.34. The van der Waals surface area contributed by atoms with Gasteiger partial charge in [-0.25, -0.2) is 0 Å². The number of benzene rings is 1. The molecule has 3 aromatic rings. The number of carbonyl (C=O) groups is 1. The van der Waals surface area contributed by atoms with Crippen molar-refractivity contribution in [2.45, 2.75) is 25.2 Å². The molecule has 3 heterocycles. The van der Waals surface area contributed by atoms with Crippen LogP contribution in [0.5, 0.6) is 17.2 Å². The van der Waals surface area contributed by atoms with Crippen LogP contribution in [0.2, 0.25) is 0 Å². The van der Waals surface area contributed by atoms with Gasteiger partial charge in [-0.05, 0) is 42.7 Å². The molecule has 0 radical (unpaired) electrons. The minimum absolute atomic E-state index is 0.0221. The highest BCUT2D eigenvalue weighted by Crippen LogP contribution is 2.38. The number of hydrogen-bond donors (Lipinski definition) is 0. The predicted octanol–water partition coefficient (Wildman–Crippen LogP) is 3.11. The van der Waals surface area contributed by atoms with E-state index >= 15 is 0 Å². The number of methoxy groups -OCH3 is 3. The van der Waals surface area contributed by atoms with E-state index in [0.717, 1.165) is 18.4 Å². The van der Waals surface area contributed by atoms with Crippen LogP contribution in [0.4, 0.5) is 0 Å². The fourth-order valence-electron chi connectivity index (χ4n) is 3.93. The first-order valence-corrected chi connectivity index (χ1v) is 10.4. The number of pyridine rings is 1. The average molecular weight is 438 g/mol. The molecule has 2 aromatic heterocycles. The molecule has 9 heteroatoms. The number of piperidine rings is 1. The Bertz CT molecular complexity index is 1040. The molecule has 1 atom stereocenters. The summed E-state index contributed by atoms with van der Waals surface area (Å²) in [4.78, 5) is 23.7. The summed E-state index contributed by atoms with van der Waals surface area (Å²) in [5.41, 5.74) is 1.43. The fraction of sp³-hybridized carbons (Fsp3) is 0.391. The van der Waals surface area contributed by atoms with Gasteiger partial charge in [0, 0.05) is 25.2 Å². The number of ether oxygens (including phenoxy) is 3. The number of likely N-dealkylation sites (tertiary alicyclic amines) is 1. The third kappa shape index (κ3) is 4.51. The zero-order valence-corrected chi connectivity index (χ0v) is 18.4. The van der Waals surface area contributed by atoms with Crippen LogP contribution in [0.1, 0.15) is 30.1 Å². The minimum atomic E-state index is 0.0221. The second-order valence-corrected chi connectivity index (χ2v) is 7.56. The van der Waals surface area contributed by atoms with Crippen molar-refractivity contribution in [3.8, 4) is 28.8 Å². The summed E-state index contributed by atoms with van der Waals surface area (Å²) in [7, 11) is 4.67. The number of amides is 1. The highest BCUT2D eigenvalue weighted by Gasteiger charge is 2.28. The Balaban J connectivity index is 1.46. The SMILES string of the molecule is COc1cc(CC(=O)N2CCC[C@H](c3noc(-c4ccccn4)n3)C2)cc(OC)c1OC. The summed E-state index contributed by atoms with van der Waals surface area (Å²) in [6, 6.07) is 9.14. The van der Waals surface area contributed by atoms with Gasteiger partial charge in [-0.2, -0.15) is 4.98 Å². The van der Waals surface area contributed by atoms with Crippen molar-refractivity contribution in [2.24, 2.45) is 0 Å². The Labute approximate surface area is 186 Å². The summed E-state index contributed by atoms with van der Waals surface area (Å²) in [6.45, 7) is 1.25. The van der Waals surface area contributed by atoms with E-state index < -0.39 is 0 Å². The molecule has 0 bridgehead atoms. The van der Waals surface area contributed by atoms with Crippen LogP contribution in [0.15, 0.2) is 41.1 Å². The summed E-state index contributed by atoms with van der Waals surface area (Å²) in [6.07, 6.45) is 3.69. The van der Waals surface area contributed by atoms with Crippen molar-refractivity contribution in [2.75, 3.05) is 34.4 Å². The van der Waals surface area contributed by atoms with Gasteiger partial charge in [0.15, 0.2) is 17.3 Å². The van der Waals surface area contributed by atoms with Gasteiger partial charge in [0.25, 0.3) is 5.89 Å². The quantitative estimate of drug-likeness (QED) is 0.555. The zero-order chi connectivity index (χ0) is 22.5. The Hall–Kier alpha value is -3.62. The van der Waals surface area contributed by atoms with Crippen molar-refractivity contribution < 1.29 is 23.5 Å². The molecule has 0 unspecified atom stereocenters. The number of rotatable bonds is 7. The highest BCUT2D eigenvalue weighted by atomic mass is 16.5. The van der Waals surface area contributed by atoms with Crippen LogP contribution in [0, 0.1) is 0 Å². The maximum atomic E-state index is 13.1. The van der Waals surface area contributed by atoms with Crippen LogP contribution in [0.3, 0.4) is 0 Å². The Kier molecular flexibility index (Phi) is 6.53. The third-order valence-corrected chi connectivity index (χ3v) is 5.54. The van der Waals surface area contributed by atoms with E-state index in [1.165, 1.54) is 0 Å². The first-order chi connectivity index (χ1) is 15.6. The van der Waals surface area contributed by atoms with E-state index in [-0.39, 0.29) is 18.2 Å². The maximum absolute atomic E-state index is 13.1. The highest BCUT2D eigenvalue weighted by molar-refractivity contribution is 5.79. The summed E-state index contributed by atoms with van der Waals surface area (Å²) in [5.74, 6) is 2.61. The molecule has 9 nitrogen and oxygen atoms in total. The van der Waals surface area contributed by atoms with E-state index in [4.69, 9.17) is 18.7 Å². The van der Waals surface area contributed by atoms with Gasteiger partial charge in [-0.3, -0.25) is 9.78 Å². The van der Waals surface area contributed by atoms with E-state index in [1.54, 1.807) is 39.7 Å². The first kappa shape index (κ1) is 21.6. The molecule has 4 rings (SSSR count). The van der Waals surface area contributed by atoms with Gasteiger partial charge >= 0.3 is 0 Å². The molecular weight excluding hydrogens is 412 g/mol. The van der Waals surface area contributed by atoms with Crippen molar-refractivity contribution in [3.05, 3.63) is 47.9 Å². The molecule has 1 aliphatic rings. The number of nitrogens with zero attached hydrogens (tertiary/aromatic N) is 4. The van der Waals surface area contributed by atoms with Gasteiger partial charge < -0.3 is 23.6 Å². The van der Waals surface area contributed by atoms with E-state index in [1.807, 2.05) is 23.1 Å². The Morgan fingerprint density at radius 3 is 2.59 bits per heavy atom. The lowest BCUT2D eigenvalue weighted by Crippen LogP contribution is -2.40. The molecule has 0 spiro atoms. The molecule has 1 aromatic carbocycles. The fourth-order valence-corrected chi connectivity index (χ4v) is 3.93. The standard InChI is InChI=1S/C23H26N4O5/c1-29-18-11-15(12-19(30-2)21(18)31-3)13-20(28)27-10-6-7-16(14-27)22-25-23(32-26-22)17-8-4-5-9-24-17/h4-5,8-9,11-12,16H,6-7,10,13-14H2,1-3H3/t16-/m0/s1. The molecular formula is C23H26N4O5. The smallest absolute Gasteiger partial charge is 0.276 e. The molecule has 168 valence electrons. The maximum Gasteiger partial charge on any atom is 0.276 e. The minimum Gasteiger partial charge on any atom is -0.493 e. The van der Waals surface area contributed by atoms with Crippen molar-refractivity contribution in [1.29, 1.82) is 0 Å². The van der Waals surface area contributed by atoms with E-state index in [9.17, 15) is 4.79 Å². The van der Waals surface area contributed by atoms with Crippen LogP contribution in [-0.4, -0.2) is 60.4 Å². The molecule has 1 aliphatic heterocycles. The topological polar surface area (TPSA) is 99.8 Å². The van der Waals surface area contributed by atoms with Crippen molar-refractivity contribution >= 4 is 5.91 Å². The largest absolute Gasteiger partial charge is 0.493 e. The second kappa shape index (κ2) is 9.67. The third-order valence-electron chi connectivity index (χ3n) is 5.54. The molecule has 0 aliphatic carbocycles. The molecule has 0 N–H and O–H groups in total. The van der Waals surface area contributed by atoms with Gasteiger partial charge in [-0.1, -0.05) is 11.2 Å². The molecule has 0 saturated carbocycles. The van der Waals surface area contributed by atoms with Gasteiger partial charge in [0.05, 0.1) is 27.8 Å². The Morgan fingerprint density at radius 2 is 1.94 bits per heavy atom. The molecule has 1 amide bonds. The zero-order valence-electron chi connectivity index (χ0n) is 18.4. The second-order valence-electron chi connectivity index (χ2n) is 7.56. The lowest BCUT2D eigenvalue weighted by molar-refractivity contribution is -0.131. The van der Waals surface area contributed by atoms with Crippen LogP contribution >= 0.6 is 0 Å². The van der Waals surface area contributed by atoms with Crippen molar-refractivity contribution in [1.82, 2.24) is 20.0 Å². The van der Waals surface area contributed by atoms with E-state index in [2.05, 4.69) is 15.1 Å². The molecule has 1 saturated heterocycles. The van der Waals surface area contributed by atoms with Crippen LogP contribution < -0.4 is 14.2 Å². The number of aromatic nitrogens is 3. The first-order valence-electron chi connectivity index (χ1n) is 10.4. The van der Waals surface area contributed by atoms with Crippen LogP contribution in [0.25, 0.3) is 11.6 Å². The summed E-state index contributed by atoms with van der Waals surface area (Å²) in [5, 5.41) is 4.15. The lowest BCUT2D eigenvalue weighted by Gasteiger charge is -2.31. The van der Waals surface area contributed by atoms with E-state index in [0.29, 0.717) is 47.7 Å².